The van der Waals surface area contributed by atoms with Gasteiger partial charge in [-0.25, -0.2) is 4.98 Å². The summed E-state index contributed by atoms with van der Waals surface area (Å²) in [5.74, 6) is -0.693. The highest BCUT2D eigenvalue weighted by atomic mass is 16.5. The molecular weight excluding hydrogens is 358 g/mol. The molecule has 2 aliphatic rings. The number of nitrogens with zero attached hydrogens (tertiary/aromatic N) is 2. The third kappa shape index (κ3) is 3.09. The zero-order valence-corrected chi connectivity index (χ0v) is 16.2. The molecule has 0 saturated heterocycles. The Bertz CT molecular complexity index is 990. The number of benzene rings is 1. The van der Waals surface area contributed by atoms with Gasteiger partial charge in [0.15, 0.2) is 5.69 Å². The first-order chi connectivity index (χ1) is 13.4. The molecule has 28 heavy (non-hydrogen) atoms. The lowest BCUT2D eigenvalue weighted by Crippen LogP contribution is -2.44. The molecule has 148 valence electrons. The van der Waals surface area contributed by atoms with E-state index in [1.54, 1.807) is 0 Å². The molecule has 1 spiro atoms. The van der Waals surface area contributed by atoms with Crippen molar-refractivity contribution < 1.29 is 14.6 Å². The number of hydrogen-bond donors (Lipinski definition) is 2. The van der Waals surface area contributed by atoms with Crippen LogP contribution in [0.5, 0.6) is 5.75 Å². The smallest absolute Gasteiger partial charge is 0.296 e. The Morgan fingerprint density at radius 3 is 2.75 bits per heavy atom. The average Bonchev–Trinajstić information content (AvgIpc) is 3.15. The van der Waals surface area contributed by atoms with E-state index in [0.29, 0.717) is 25.5 Å². The highest BCUT2D eigenvalue weighted by Crippen LogP contribution is 2.42. The van der Waals surface area contributed by atoms with Gasteiger partial charge in [-0.05, 0) is 56.2 Å². The lowest BCUT2D eigenvalue weighted by molar-refractivity contribution is -0.0789. The summed E-state index contributed by atoms with van der Waals surface area (Å²) >= 11 is 0. The topological polar surface area (TPSA) is 93.5 Å². The van der Waals surface area contributed by atoms with E-state index in [0.717, 1.165) is 36.8 Å². The lowest BCUT2D eigenvalue weighted by atomic mass is 9.99. The molecule has 1 aromatic carbocycles. The number of ether oxygens (including phenoxy) is 1. The molecule has 7 nitrogen and oxygen atoms in total. The second-order valence-corrected chi connectivity index (χ2v) is 7.74. The molecule has 7 heteroatoms. The molecule has 4 rings (SSSR count). The van der Waals surface area contributed by atoms with Crippen LogP contribution in [0.15, 0.2) is 23.0 Å². The van der Waals surface area contributed by atoms with Crippen molar-refractivity contribution in [3.63, 3.8) is 0 Å². The van der Waals surface area contributed by atoms with Gasteiger partial charge in [0.1, 0.15) is 11.4 Å². The van der Waals surface area contributed by atoms with Crippen molar-refractivity contribution in [3.8, 4) is 5.75 Å². The number of rotatable bonds is 3. The minimum Gasteiger partial charge on any atom is -0.501 e. The molecule has 2 aromatic rings. The van der Waals surface area contributed by atoms with Gasteiger partial charge in [-0.2, -0.15) is 0 Å². The average molecular weight is 383 g/mol. The Hall–Kier alpha value is -2.67. The third-order valence-electron chi connectivity index (χ3n) is 5.90. The minimum atomic E-state index is -0.617. The van der Waals surface area contributed by atoms with E-state index in [4.69, 9.17) is 4.74 Å². The van der Waals surface area contributed by atoms with Gasteiger partial charge in [0.05, 0.1) is 13.2 Å². The van der Waals surface area contributed by atoms with E-state index < -0.39 is 22.8 Å². The fourth-order valence-corrected chi connectivity index (χ4v) is 4.15. The summed E-state index contributed by atoms with van der Waals surface area (Å²) in [5.41, 5.74) is 1.85. The second kappa shape index (κ2) is 7.05. The number of carbonyl (C=O) groups is 1. The first kappa shape index (κ1) is 18.7. The number of nitrogens with one attached hydrogen (secondary N) is 1. The quantitative estimate of drug-likeness (QED) is 0.848. The molecule has 0 atom stereocenters. The molecule has 1 aliphatic heterocycles. The summed E-state index contributed by atoms with van der Waals surface area (Å²) < 4.78 is 7.46. The summed E-state index contributed by atoms with van der Waals surface area (Å²) in [6, 6.07) is 5.95. The highest BCUT2D eigenvalue weighted by Gasteiger charge is 2.44. The number of amides is 1. The lowest BCUT2D eigenvalue weighted by Gasteiger charge is -2.35. The van der Waals surface area contributed by atoms with Crippen LogP contribution in [-0.4, -0.2) is 27.2 Å². The number of carbonyl (C=O) groups excluding carboxylic acids is 1. The number of fused-ring (bicyclic) bond motifs is 2. The summed E-state index contributed by atoms with van der Waals surface area (Å²) in [6.45, 7) is 5.08. The predicted octanol–water partition coefficient (Wildman–Crippen LogP) is 2.30. The van der Waals surface area contributed by atoms with E-state index in [2.05, 4.69) is 10.3 Å². The largest absolute Gasteiger partial charge is 0.501 e. The SMILES string of the molecule is Cc1ccc(CNC(=O)c2nc3n(c(=O)c2O)CCOC32CCCC2)cc1C. The maximum absolute atomic E-state index is 12.7. The molecule has 1 aromatic heterocycles. The first-order valence-electron chi connectivity index (χ1n) is 9.74. The van der Waals surface area contributed by atoms with Crippen molar-refractivity contribution in [1.29, 1.82) is 0 Å². The first-order valence-corrected chi connectivity index (χ1v) is 9.74. The van der Waals surface area contributed by atoms with Crippen LogP contribution in [0, 0.1) is 13.8 Å². The highest BCUT2D eigenvalue weighted by molar-refractivity contribution is 5.94. The maximum atomic E-state index is 12.7. The summed E-state index contributed by atoms with van der Waals surface area (Å²) in [4.78, 5) is 29.8. The molecule has 2 N–H and O–H groups in total. The molecule has 1 aliphatic carbocycles. The number of aromatic nitrogens is 2. The number of hydrogen-bond acceptors (Lipinski definition) is 5. The van der Waals surface area contributed by atoms with Crippen LogP contribution in [0.4, 0.5) is 0 Å². The molecule has 1 amide bonds. The van der Waals surface area contributed by atoms with E-state index in [1.165, 1.54) is 10.1 Å². The van der Waals surface area contributed by atoms with Crippen molar-refractivity contribution >= 4 is 5.91 Å². The Labute approximate surface area is 163 Å². The van der Waals surface area contributed by atoms with Crippen molar-refractivity contribution in [2.24, 2.45) is 0 Å². The predicted molar refractivity (Wildman–Crippen MR) is 103 cm³/mol. The molecular formula is C21H25N3O4. The van der Waals surface area contributed by atoms with Gasteiger partial charge in [0.2, 0.25) is 5.75 Å². The van der Waals surface area contributed by atoms with Gasteiger partial charge in [0.25, 0.3) is 11.5 Å². The standard InChI is InChI=1S/C21H25N3O4/c1-13-5-6-15(11-14(13)2)12-22-18(26)16-17(25)19(27)24-9-10-28-21(20(24)23-16)7-3-4-8-21/h5-6,11,25H,3-4,7-10,12H2,1-2H3,(H,22,26). The zero-order valence-electron chi connectivity index (χ0n) is 16.2. The van der Waals surface area contributed by atoms with Crippen molar-refractivity contribution in [2.75, 3.05) is 6.61 Å². The van der Waals surface area contributed by atoms with E-state index in [-0.39, 0.29) is 5.69 Å². The molecule has 1 fully saturated rings. The van der Waals surface area contributed by atoms with Crippen LogP contribution >= 0.6 is 0 Å². The molecule has 0 radical (unpaired) electrons. The minimum absolute atomic E-state index is 0.225. The van der Waals surface area contributed by atoms with Crippen LogP contribution < -0.4 is 10.9 Å². The van der Waals surface area contributed by atoms with Gasteiger partial charge in [-0.1, -0.05) is 18.2 Å². The number of aromatic hydroxyl groups is 1. The van der Waals surface area contributed by atoms with Crippen LogP contribution in [-0.2, 0) is 23.4 Å². The Kier molecular flexibility index (Phi) is 4.71. The summed E-state index contributed by atoms with van der Waals surface area (Å²) in [7, 11) is 0. The fraction of sp³-hybridized carbons (Fsp3) is 0.476. The summed E-state index contributed by atoms with van der Waals surface area (Å²) in [6.07, 6.45) is 3.53. The van der Waals surface area contributed by atoms with Crippen LogP contribution in [0.3, 0.4) is 0 Å². The fourth-order valence-electron chi connectivity index (χ4n) is 4.15. The third-order valence-corrected chi connectivity index (χ3v) is 5.90. The van der Waals surface area contributed by atoms with Crippen LogP contribution in [0.25, 0.3) is 0 Å². The molecule has 0 bridgehead atoms. The summed E-state index contributed by atoms with van der Waals surface area (Å²) in [5, 5.41) is 13.1. The number of aryl methyl sites for hydroxylation is 2. The Morgan fingerprint density at radius 1 is 1.29 bits per heavy atom. The Balaban J connectivity index is 1.64. The Morgan fingerprint density at radius 2 is 2.04 bits per heavy atom. The van der Waals surface area contributed by atoms with Gasteiger partial charge in [-0.3, -0.25) is 14.2 Å². The van der Waals surface area contributed by atoms with Crippen molar-refractivity contribution in [2.45, 2.75) is 58.2 Å². The van der Waals surface area contributed by atoms with Gasteiger partial charge < -0.3 is 15.2 Å². The second-order valence-electron chi connectivity index (χ2n) is 7.74. The normalized spacial score (nSPS) is 17.5. The van der Waals surface area contributed by atoms with Crippen LogP contribution in [0.2, 0.25) is 0 Å². The van der Waals surface area contributed by atoms with Gasteiger partial charge >= 0.3 is 0 Å². The molecule has 0 unspecified atom stereocenters. The van der Waals surface area contributed by atoms with Crippen LogP contribution in [0.1, 0.15) is 58.7 Å². The van der Waals surface area contributed by atoms with E-state index in [1.807, 2.05) is 32.0 Å². The van der Waals surface area contributed by atoms with Crippen molar-refractivity contribution in [1.82, 2.24) is 14.9 Å². The van der Waals surface area contributed by atoms with E-state index >= 15 is 0 Å². The zero-order chi connectivity index (χ0) is 19.9. The monoisotopic (exact) mass is 383 g/mol. The maximum Gasteiger partial charge on any atom is 0.296 e. The van der Waals surface area contributed by atoms with Gasteiger partial charge in [0, 0.05) is 6.54 Å². The van der Waals surface area contributed by atoms with Gasteiger partial charge in [-0.15, -0.1) is 0 Å². The van der Waals surface area contributed by atoms with E-state index in [9.17, 15) is 14.7 Å². The van der Waals surface area contributed by atoms with Crippen molar-refractivity contribution in [3.05, 3.63) is 56.8 Å². The molecule has 2 heterocycles. The molecule has 1 saturated carbocycles.